The van der Waals surface area contributed by atoms with Gasteiger partial charge in [0.2, 0.25) is 0 Å². The normalized spacial score (nSPS) is 10.5. The third kappa shape index (κ3) is 1.52. The molecule has 0 spiro atoms. The van der Waals surface area contributed by atoms with Crippen molar-refractivity contribution < 1.29 is 4.79 Å². The third-order valence-corrected chi connectivity index (χ3v) is 2.54. The lowest BCUT2D eigenvalue weighted by atomic mass is 10.2. The van der Waals surface area contributed by atoms with Gasteiger partial charge in [-0.3, -0.25) is 4.79 Å². The van der Waals surface area contributed by atoms with Crippen molar-refractivity contribution in [1.29, 1.82) is 0 Å². The molecular weight excluding hydrogens is 239 g/mol. The van der Waals surface area contributed by atoms with Crippen molar-refractivity contribution in [2.24, 2.45) is 5.18 Å². The van der Waals surface area contributed by atoms with Crippen molar-refractivity contribution in [3.8, 4) is 0 Å². The van der Waals surface area contributed by atoms with Crippen LogP contribution in [-0.2, 0) is 0 Å². The number of nitrogens with zero attached hydrogens (tertiary/aromatic N) is 1. The van der Waals surface area contributed by atoms with E-state index < -0.39 is 0 Å². The molecule has 0 radical (unpaired) electrons. The second kappa shape index (κ2) is 3.64. The van der Waals surface area contributed by atoms with Gasteiger partial charge in [0.25, 0.3) is 0 Å². The van der Waals surface area contributed by atoms with Crippen LogP contribution in [0.1, 0.15) is 10.5 Å². The Morgan fingerprint density at radius 2 is 2.07 bits per heavy atom. The van der Waals surface area contributed by atoms with Gasteiger partial charge in [-0.15, -0.1) is 4.91 Å². The lowest BCUT2D eigenvalue weighted by molar-refractivity contribution is 0.112. The molecule has 0 amide bonds. The Kier molecular flexibility index (Phi) is 2.46. The Labute approximate surface area is 94.1 Å². The SMILES string of the molecule is O=Cc1[nH]c2cc(Cl)cc(Cl)c2c1N=O. The van der Waals surface area contributed by atoms with Crippen LogP contribution >= 0.6 is 23.2 Å². The van der Waals surface area contributed by atoms with Crippen LogP contribution in [0.25, 0.3) is 10.9 Å². The summed E-state index contributed by atoms with van der Waals surface area (Å²) in [5.41, 5.74) is 0.634. The summed E-state index contributed by atoms with van der Waals surface area (Å²) in [6, 6.07) is 3.06. The zero-order chi connectivity index (χ0) is 11.0. The molecule has 6 heteroatoms. The fourth-order valence-electron chi connectivity index (χ4n) is 1.43. The molecule has 1 aromatic heterocycles. The van der Waals surface area contributed by atoms with Crippen LogP contribution in [0, 0.1) is 4.91 Å². The number of aldehydes is 1. The number of carbonyl (C=O) groups excluding carboxylic acids is 1. The van der Waals surface area contributed by atoms with Crippen molar-refractivity contribution in [3.63, 3.8) is 0 Å². The van der Waals surface area contributed by atoms with E-state index in [0.717, 1.165) is 0 Å². The fraction of sp³-hybridized carbons (Fsp3) is 0. The summed E-state index contributed by atoms with van der Waals surface area (Å²) in [4.78, 5) is 23.9. The van der Waals surface area contributed by atoms with Gasteiger partial charge in [0.05, 0.1) is 10.5 Å². The van der Waals surface area contributed by atoms with Gasteiger partial charge in [-0.2, -0.15) is 0 Å². The first-order valence-electron chi connectivity index (χ1n) is 3.96. The lowest BCUT2D eigenvalue weighted by Crippen LogP contribution is -1.76. The molecule has 1 N–H and O–H groups in total. The molecule has 2 aromatic rings. The summed E-state index contributed by atoms with van der Waals surface area (Å²) in [7, 11) is 0. The Hall–Kier alpha value is -1.39. The summed E-state index contributed by atoms with van der Waals surface area (Å²) in [6.45, 7) is 0. The zero-order valence-corrected chi connectivity index (χ0v) is 8.76. The molecule has 0 aliphatic rings. The number of aromatic amines is 1. The largest absolute Gasteiger partial charge is 0.350 e. The van der Waals surface area contributed by atoms with Gasteiger partial charge >= 0.3 is 0 Å². The quantitative estimate of drug-likeness (QED) is 0.645. The highest BCUT2D eigenvalue weighted by atomic mass is 35.5. The molecule has 0 aliphatic heterocycles. The first kappa shape index (κ1) is 10.1. The maximum atomic E-state index is 10.6. The topological polar surface area (TPSA) is 62.3 Å². The van der Waals surface area contributed by atoms with E-state index in [4.69, 9.17) is 23.2 Å². The standard InChI is InChI=1S/C9H4Cl2N2O2/c10-4-1-5(11)8-6(2-4)12-7(3-14)9(8)13-15/h1-3,12H. The smallest absolute Gasteiger partial charge is 0.168 e. The van der Waals surface area contributed by atoms with E-state index in [0.29, 0.717) is 22.2 Å². The van der Waals surface area contributed by atoms with Gasteiger partial charge in [0, 0.05) is 10.4 Å². The van der Waals surface area contributed by atoms with E-state index in [9.17, 15) is 9.70 Å². The second-order valence-corrected chi connectivity index (χ2v) is 3.75. The van der Waals surface area contributed by atoms with Crippen molar-refractivity contribution >= 4 is 46.1 Å². The fourth-order valence-corrected chi connectivity index (χ4v) is 2.01. The van der Waals surface area contributed by atoms with E-state index in [1.807, 2.05) is 0 Å². The van der Waals surface area contributed by atoms with Crippen molar-refractivity contribution in [2.45, 2.75) is 0 Å². The molecule has 1 aromatic carbocycles. The third-order valence-electron chi connectivity index (χ3n) is 2.03. The number of nitrogens with one attached hydrogen (secondary N) is 1. The highest BCUT2D eigenvalue weighted by Gasteiger charge is 2.15. The number of rotatable bonds is 2. The Morgan fingerprint density at radius 3 is 2.67 bits per heavy atom. The second-order valence-electron chi connectivity index (χ2n) is 2.91. The minimum Gasteiger partial charge on any atom is -0.350 e. The Balaban J connectivity index is 2.94. The van der Waals surface area contributed by atoms with Crippen LogP contribution in [0.2, 0.25) is 10.0 Å². The molecule has 0 unspecified atom stereocenters. The van der Waals surface area contributed by atoms with Gasteiger partial charge in [-0.05, 0) is 17.3 Å². The number of nitroso groups, excluding NO2 is 1. The average molecular weight is 243 g/mol. The monoisotopic (exact) mass is 242 g/mol. The minimum absolute atomic E-state index is 0.0154. The predicted molar refractivity (Wildman–Crippen MR) is 59.2 cm³/mol. The van der Waals surface area contributed by atoms with Gasteiger partial charge < -0.3 is 4.98 Å². The minimum atomic E-state index is 0.0154. The number of carbonyl (C=O) groups is 1. The molecule has 0 bridgehead atoms. The molecule has 0 saturated carbocycles. The molecule has 15 heavy (non-hydrogen) atoms. The number of H-pyrrole nitrogens is 1. The molecule has 0 atom stereocenters. The lowest BCUT2D eigenvalue weighted by Gasteiger charge is -1.95. The molecule has 4 nitrogen and oxygen atoms in total. The van der Waals surface area contributed by atoms with E-state index in [1.54, 1.807) is 6.07 Å². The summed E-state index contributed by atoms with van der Waals surface area (Å²) in [5, 5.41) is 3.90. The van der Waals surface area contributed by atoms with E-state index in [-0.39, 0.29) is 16.4 Å². The zero-order valence-electron chi connectivity index (χ0n) is 7.25. The van der Waals surface area contributed by atoms with Crippen molar-refractivity contribution in [2.75, 3.05) is 0 Å². The summed E-state index contributed by atoms with van der Waals surface area (Å²) < 4.78 is 0. The Morgan fingerprint density at radius 1 is 1.33 bits per heavy atom. The molecule has 76 valence electrons. The van der Waals surface area contributed by atoms with Gasteiger partial charge in [-0.1, -0.05) is 23.2 Å². The number of fused-ring (bicyclic) bond motifs is 1. The van der Waals surface area contributed by atoms with Gasteiger partial charge in [0.15, 0.2) is 6.29 Å². The van der Waals surface area contributed by atoms with E-state index >= 15 is 0 Å². The highest BCUT2D eigenvalue weighted by molar-refractivity contribution is 6.39. The summed E-state index contributed by atoms with van der Waals surface area (Å²) in [5.74, 6) is 0. The number of hydrogen-bond donors (Lipinski definition) is 1. The maximum absolute atomic E-state index is 10.6. The highest BCUT2D eigenvalue weighted by Crippen LogP contribution is 2.36. The van der Waals surface area contributed by atoms with Crippen LogP contribution in [0.4, 0.5) is 5.69 Å². The first-order chi connectivity index (χ1) is 7.17. The first-order valence-corrected chi connectivity index (χ1v) is 4.72. The molecule has 0 fully saturated rings. The summed E-state index contributed by atoms with van der Waals surface area (Å²) >= 11 is 11.7. The average Bonchev–Trinajstić information content (AvgIpc) is 2.55. The predicted octanol–water partition coefficient (Wildman–Crippen LogP) is 3.69. The van der Waals surface area contributed by atoms with Crippen LogP contribution in [0.15, 0.2) is 17.3 Å². The molecule has 1 heterocycles. The molecular formula is C9H4Cl2N2O2. The van der Waals surface area contributed by atoms with Gasteiger partial charge in [-0.25, -0.2) is 0 Å². The van der Waals surface area contributed by atoms with Crippen molar-refractivity contribution in [3.05, 3.63) is 32.8 Å². The van der Waals surface area contributed by atoms with Crippen LogP contribution < -0.4 is 0 Å². The number of benzene rings is 1. The maximum Gasteiger partial charge on any atom is 0.168 e. The molecule has 0 aliphatic carbocycles. The molecule has 2 rings (SSSR count). The molecule has 0 saturated heterocycles. The van der Waals surface area contributed by atoms with E-state index in [1.165, 1.54) is 6.07 Å². The Bertz CT molecular complexity index is 563. The van der Waals surface area contributed by atoms with Crippen LogP contribution in [-0.4, -0.2) is 11.3 Å². The van der Waals surface area contributed by atoms with Crippen LogP contribution in [0.5, 0.6) is 0 Å². The van der Waals surface area contributed by atoms with E-state index in [2.05, 4.69) is 10.2 Å². The number of hydrogen-bond acceptors (Lipinski definition) is 3. The summed E-state index contributed by atoms with van der Waals surface area (Å²) in [6.07, 6.45) is 0.515. The van der Waals surface area contributed by atoms with Crippen LogP contribution in [0.3, 0.4) is 0 Å². The number of aromatic nitrogens is 1. The number of halogens is 2. The van der Waals surface area contributed by atoms with Crippen molar-refractivity contribution in [1.82, 2.24) is 4.98 Å². The van der Waals surface area contributed by atoms with Gasteiger partial charge in [0.1, 0.15) is 11.4 Å².